The highest BCUT2D eigenvalue weighted by atomic mass is 35.5. The SMILES string of the molecule is O=C(N/N=C\c1ccccc1OC(=O)c1sc2ccccc2c1Cl)c1ccc(NC(=O)c2sc3ccccc3c2Cl)cc1. The quantitative estimate of drug-likeness (QED) is 0.0787. The number of nitrogens with one attached hydrogen (secondary N) is 2. The molecule has 0 fully saturated rings. The van der Waals surface area contributed by atoms with Gasteiger partial charge >= 0.3 is 5.97 Å². The van der Waals surface area contributed by atoms with Gasteiger partial charge in [0.2, 0.25) is 0 Å². The predicted octanol–water partition coefficient (Wildman–Crippen LogP) is 8.66. The summed E-state index contributed by atoms with van der Waals surface area (Å²) >= 11 is 15.4. The first kappa shape index (κ1) is 28.6. The van der Waals surface area contributed by atoms with Crippen LogP contribution in [0, 0.1) is 0 Å². The molecule has 0 radical (unpaired) electrons. The molecule has 0 unspecified atom stereocenters. The van der Waals surface area contributed by atoms with Crippen LogP contribution in [0.5, 0.6) is 5.75 Å². The Labute approximate surface area is 263 Å². The molecule has 0 atom stereocenters. The summed E-state index contributed by atoms with van der Waals surface area (Å²) in [7, 11) is 0. The Kier molecular flexibility index (Phi) is 8.22. The highest BCUT2D eigenvalue weighted by molar-refractivity contribution is 7.22. The standard InChI is InChI=1S/C32H19Cl2N3O4S2/c33-26-21-8-2-5-11-24(21)42-28(26)31(39)36-20-15-13-18(14-16-20)30(38)37-35-17-19-7-1-4-10-23(19)41-32(40)29-27(34)22-9-3-6-12-25(22)43-29/h1-17H,(H,36,39)(H,37,38)/b35-17-. The van der Waals surface area contributed by atoms with Crippen LogP contribution in [0.15, 0.2) is 102 Å². The summed E-state index contributed by atoms with van der Waals surface area (Å²) < 4.78 is 7.43. The molecule has 2 N–H and O–H groups in total. The maximum Gasteiger partial charge on any atom is 0.355 e. The number of carbonyl (C=O) groups is 3. The molecule has 4 aromatic carbocycles. The van der Waals surface area contributed by atoms with Crippen LogP contribution in [-0.2, 0) is 0 Å². The van der Waals surface area contributed by atoms with Gasteiger partial charge in [0.05, 0.1) is 16.3 Å². The van der Waals surface area contributed by atoms with Gasteiger partial charge in [0.1, 0.15) is 15.5 Å². The van der Waals surface area contributed by atoms with Crippen molar-refractivity contribution >= 4 is 95.7 Å². The molecule has 0 saturated carbocycles. The number of amides is 2. The molecule has 0 saturated heterocycles. The summed E-state index contributed by atoms with van der Waals surface area (Å²) in [6.45, 7) is 0. The van der Waals surface area contributed by atoms with Crippen molar-refractivity contribution in [3.05, 3.63) is 128 Å². The molecule has 2 amide bonds. The lowest BCUT2D eigenvalue weighted by atomic mass is 10.2. The van der Waals surface area contributed by atoms with Gasteiger partial charge in [0.25, 0.3) is 11.8 Å². The molecule has 7 nitrogen and oxygen atoms in total. The zero-order chi connectivity index (χ0) is 29.9. The van der Waals surface area contributed by atoms with Crippen LogP contribution in [0.4, 0.5) is 5.69 Å². The molecule has 0 aliphatic carbocycles. The van der Waals surface area contributed by atoms with E-state index in [9.17, 15) is 14.4 Å². The number of fused-ring (bicyclic) bond motifs is 2. The molecule has 212 valence electrons. The summed E-state index contributed by atoms with van der Waals surface area (Å²) in [5, 5.41) is 9.21. The van der Waals surface area contributed by atoms with E-state index in [0.29, 0.717) is 36.6 Å². The lowest BCUT2D eigenvalue weighted by Gasteiger charge is -2.07. The molecule has 6 aromatic rings. The average molecular weight is 645 g/mol. The molecule has 43 heavy (non-hydrogen) atoms. The minimum absolute atomic E-state index is 0.262. The summed E-state index contributed by atoms with van der Waals surface area (Å²) in [5.74, 6) is -1.12. The lowest BCUT2D eigenvalue weighted by molar-refractivity contribution is 0.0739. The van der Waals surface area contributed by atoms with E-state index in [1.54, 1.807) is 48.5 Å². The van der Waals surface area contributed by atoms with Crippen LogP contribution in [-0.4, -0.2) is 24.0 Å². The van der Waals surface area contributed by atoms with E-state index in [-0.39, 0.29) is 11.7 Å². The predicted molar refractivity (Wildman–Crippen MR) is 175 cm³/mol. The second-order valence-electron chi connectivity index (χ2n) is 9.14. The number of hydrazone groups is 1. The molecule has 0 aliphatic rings. The number of halogens is 2. The summed E-state index contributed by atoms with van der Waals surface area (Å²) in [6.07, 6.45) is 1.39. The van der Waals surface area contributed by atoms with Gasteiger partial charge < -0.3 is 10.1 Å². The molecular formula is C32H19Cl2N3O4S2. The van der Waals surface area contributed by atoms with Crippen molar-refractivity contribution in [3.63, 3.8) is 0 Å². The van der Waals surface area contributed by atoms with Gasteiger partial charge in [-0.3, -0.25) is 9.59 Å². The molecule has 2 aromatic heterocycles. The van der Waals surface area contributed by atoms with Gasteiger partial charge in [-0.2, -0.15) is 5.10 Å². The maximum absolute atomic E-state index is 12.9. The zero-order valence-electron chi connectivity index (χ0n) is 22.0. The largest absolute Gasteiger partial charge is 0.422 e. The number of hydrogen-bond donors (Lipinski definition) is 2. The van der Waals surface area contributed by atoms with Crippen LogP contribution in [0.25, 0.3) is 20.2 Å². The molecule has 6 rings (SSSR count). The highest BCUT2D eigenvalue weighted by Crippen LogP contribution is 2.37. The first-order valence-corrected chi connectivity index (χ1v) is 15.2. The van der Waals surface area contributed by atoms with Crippen LogP contribution in [0.2, 0.25) is 10.0 Å². The van der Waals surface area contributed by atoms with Gasteiger partial charge in [-0.05, 0) is 48.5 Å². The maximum atomic E-state index is 12.9. The highest BCUT2D eigenvalue weighted by Gasteiger charge is 2.20. The van der Waals surface area contributed by atoms with Crippen molar-refractivity contribution < 1.29 is 19.1 Å². The number of thiophene rings is 2. The third kappa shape index (κ3) is 6.02. The smallest absolute Gasteiger partial charge is 0.355 e. The van der Waals surface area contributed by atoms with Crippen molar-refractivity contribution in [2.45, 2.75) is 0 Å². The summed E-state index contributed by atoms with van der Waals surface area (Å²) in [6, 6.07) is 28.2. The monoisotopic (exact) mass is 643 g/mol. The van der Waals surface area contributed by atoms with Gasteiger partial charge in [-0.1, -0.05) is 71.7 Å². The number of carbonyl (C=O) groups excluding carboxylic acids is 3. The number of anilines is 1. The van der Waals surface area contributed by atoms with Gasteiger partial charge in [0, 0.05) is 37.0 Å². The number of para-hydroxylation sites is 1. The Morgan fingerprint density at radius 1 is 0.698 bits per heavy atom. The van der Waals surface area contributed by atoms with E-state index < -0.39 is 11.9 Å². The van der Waals surface area contributed by atoms with Gasteiger partial charge in [-0.15, -0.1) is 22.7 Å². The Balaban J connectivity index is 1.09. The van der Waals surface area contributed by atoms with Gasteiger partial charge in [-0.25, -0.2) is 10.2 Å². The Hall–Kier alpha value is -4.54. The normalized spacial score (nSPS) is 11.2. The van der Waals surface area contributed by atoms with Gasteiger partial charge in [0.15, 0.2) is 0 Å². The van der Waals surface area contributed by atoms with Crippen molar-refractivity contribution in [1.29, 1.82) is 0 Å². The average Bonchev–Trinajstić information content (AvgIpc) is 3.55. The topological polar surface area (TPSA) is 96.9 Å². The van der Waals surface area contributed by atoms with Crippen molar-refractivity contribution in [3.8, 4) is 5.75 Å². The van der Waals surface area contributed by atoms with Crippen LogP contribution >= 0.6 is 45.9 Å². The number of ether oxygens (including phenoxy) is 1. The van der Waals surface area contributed by atoms with Crippen molar-refractivity contribution in [2.75, 3.05) is 5.32 Å². The van der Waals surface area contributed by atoms with E-state index in [1.807, 2.05) is 48.5 Å². The Morgan fingerprint density at radius 2 is 1.28 bits per heavy atom. The number of benzene rings is 4. The molecular weight excluding hydrogens is 625 g/mol. The first-order valence-electron chi connectivity index (χ1n) is 12.8. The fourth-order valence-electron chi connectivity index (χ4n) is 4.25. The number of esters is 1. The van der Waals surface area contributed by atoms with Crippen molar-refractivity contribution in [1.82, 2.24) is 5.43 Å². The number of rotatable bonds is 7. The van der Waals surface area contributed by atoms with Crippen LogP contribution < -0.4 is 15.5 Å². The van der Waals surface area contributed by atoms with E-state index in [1.165, 1.54) is 28.9 Å². The molecule has 2 heterocycles. The molecule has 0 aliphatic heterocycles. The Bertz CT molecular complexity index is 2050. The molecule has 0 spiro atoms. The fraction of sp³-hybridized carbons (Fsp3) is 0. The summed E-state index contributed by atoms with van der Waals surface area (Å²) in [5.41, 5.74) is 3.78. The van der Waals surface area contributed by atoms with E-state index in [0.717, 1.165) is 20.2 Å². The number of nitrogens with zero attached hydrogens (tertiary/aromatic N) is 1. The minimum Gasteiger partial charge on any atom is -0.422 e. The minimum atomic E-state index is -0.585. The number of hydrogen-bond acceptors (Lipinski definition) is 7. The van der Waals surface area contributed by atoms with Crippen molar-refractivity contribution in [2.24, 2.45) is 5.10 Å². The van der Waals surface area contributed by atoms with E-state index in [2.05, 4.69) is 15.8 Å². The second kappa shape index (κ2) is 12.4. The second-order valence-corrected chi connectivity index (χ2v) is 12.0. The molecule has 0 bridgehead atoms. The summed E-state index contributed by atoms with van der Waals surface area (Å²) in [4.78, 5) is 39.1. The third-order valence-electron chi connectivity index (χ3n) is 6.36. The lowest BCUT2D eigenvalue weighted by Crippen LogP contribution is -2.18. The fourth-order valence-corrected chi connectivity index (χ4v) is 7.05. The van der Waals surface area contributed by atoms with E-state index in [4.69, 9.17) is 27.9 Å². The third-order valence-corrected chi connectivity index (χ3v) is 9.69. The van der Waals surface area contributed by atoms with Crippen LogP contribution in [0.3, 0.4) is 0 Å². The molecule has 11 heteroatoms. The zero-order valence-corrected chi connectivity index (χ0v) is 25.1. The Morgan fingerprint density at radius 3 is 1.95 bits per heavy atom. The first-order chi connectivity index (χ1) is 20.9. The van der Waals surface area contributed by atoms with E-state index >= 15 is 0 Å². The van der Waals surface area contributed by atoms with Crippen LogP contribution in [0.1, 0.15) is 35.3 Å².